The van der Waals surface area contributed by atoms with Crippen molar-refractivity contribution in [3.63, 3.8) is 0 Å². The van der Waals surface area contributed by atoms with Crippen LogP contribution in [0.25, 0.3) is 0 Å². The fraction of sp³-hybridized carbons (Fsp3) is 0.857. The minimum absolute atomic E-state index is 0.0205. The molecule has 0 radical (unpaired) electrons. The van der Waals surface area contributed by atoms with Gasteiger partial charge < -0.3 is 5.11 Å². The summed E-state index contributed by atoms with van der Waals surface area (Å²) >= 11 is 3.83. The summed E-state index contributed by atoms with van der Waals surface area (Å²) in [6.45, 7) is 13.8. The lowest BCUT2D eigenvalue weighted by atomic mass is 9.65. The lowest BCUT2D eigenvalue weighted by molar-refractivity contribution is 0.111. The molecule has 0 aromatic heterocycles. The number of fused-ring (bicyclic) bond motifs is 3. The molecule has 3 aliphatic rings. The van der Waals surface area contributed by atoms with Crippen molar-refractivity contribution >= 4 is 23.5 Å². The molecular formula is C14H22OS2. The van der Waals surface area contributed by atoms with Gasteiger partial charge in [0.05, 0.1) is 9.49 Å². The number of aliphatic hydroxyl groups is 1. The van der Waals surface area contributed by atoms with Crippen LogP contribution in [0.5, 0.6) is 0 Å². The zero-order valence-corrected chi connectivity index (χ0v) is 13.1. The average molecular weight is 270 g/mol. The zero-order chi connectivity index (χ0) is 12.9. The van der Waals surface area contributed by atoms with Gasteiger partial charge in [-0.2, -0.15) is 0 Å². The predicted molar refractivity (Wildman–Crippen MR) is 77.4 cm³/mol. The monoisotopic (exact) mass is 270 g/mol. The van der Waals surface area contributed by atoms with E-state index in [2.05, 4.69) is 65.5 Å². The van der Waals surface area contributed by atoms with Gasteiger partial charge in [0.25, 0.3) is 0 Å². The molecule has 2 saturated heterocycles. The summed E-state index contributed by atoms with van der Waals surface area (Å²) < 4.78 is 0.267. The van der Waals surface area contributed by atoms with E-state index in [1.54, 1.807) is 11.8 Å². The third kappa shape index (κ3) is 1.19. The first kappa shape index (κ1) is 12.4. The fourth-order valence-corrected chi connectivity index (χ4v) is 7.67. The van der Waals surface area contributed by atoms with Gasteiger partial charge in [-0.25, -0.2) is 0 Å². The van der Waals surface area contributed by atoms with E-state index in [1.165, 1.54) is 0 Å². The average Bonchev–Trinajstić information content (AvgIpc) is 2.88. The van der Waals surface area contributed by atoms with Crippen LogP contribution in [0.2, 0.25) is 0 Å². The molecule has 2 aliphatic heterocycles. The van der Waals surface area contributed by atoms with Crippen LogP contribution in [0.4, 0.5) is 0 Å². The lowest BCUT2D eigenvalue weighted by Gasteiger charge is -2.38. The van der Waals surface area contributed by atoms with Gasteiger partial charge in [0.15, 0.2) is 0 Å². The molecule has 3 heteroatoms. The molecule has 1 aliphatic carbocycles. The molecule has 0 aromatic carbocycles. The van der Waals surface area contributed by atoms with E-state index >= 15 is 0 Å². The topological polar surface area (TPSA) is 20.2 Å². The lowest BCUT2D eigenvalue weighted by Crippen LogP contribution is -2.49. The van der Waals surface area contributed by atoms with Crippen LogP contribution < -0.4 is 0 Å². The summed E-state index contributed by atoms with van der Waals surface area (Å²) in [5.41, 5.74) is 0.406. The Labute approximate surface area is 113 Å². The molecular weight excluding hydrogens is 248 g/mol. The smallest absolute Gasteiger partial charge is 0.146 e. The minimum Gasteiger partial charge on any atom is -0.374 e. The van der Waals surface area contributed by atoms with Crippen molar-refractivity contribution in [2.45, 2.75) is 61.2 Å². The van der Waals surface area contributed by atoms with Crippen LogP contribution in [0.15, 0.2) is 12.2 Å². The fourth-order valence-electron chi connectivity index (χ4n) is 3.43. The molecule has 1 N–H and O–H groups in total. The van der Waals surface area contributed by atoms with Crippen LogP contribution in [-0.2, 0) is 0 Å². The van der Waals surface area contributed by atoms with Crippen LogP contribution in [0.1, 0.15) is 41.5 Å². The van der Waals surface area contributed by atoms with Gasteiger partial charge in [-0.3, -0.25) is 0 Å². The Morgan fingerprint density at radius 3 is 2.06 bits per heavy atom. The molecule has 2 heterocycles. The van der Waals surface area contributed by atoms with Crippen molar-refractivity contribution < 1.29 is 5.11 Å². The zero-order valence-electron chi connectivity index (χ0n) is 11.5. The number of thioether (sulfide) groups is 2. The largest absolute Gasteiger partial charge is 0.374 e. The van der Waals surface area contributed by atoms with E-state index in [-0.39, 0.29) is 20.3 Å². The highest BCUT2D eigenvalue weighted by atomic mass is 32.2. The van der Waals surface area contributed by atoms with E-state index in [1.807, 2.05) is 0 Å². The summed E-state index contributed by atoms with van der Waals surface area (Å²) in [6, 6.07) is 0. The summed E-state index contributed by atoms with van der Waals surface area (Å²) in [4.78, 5) is -0.603. The minimum atomic E-state index is -0.603. The van der Waals surface area contributed by atoms with Crippen molar-refractivity contribution in [2.24, 2.45) is 10.8 Å². The Hall–Kier alpha value is 0.400. The van der Waals surface area contributed by atoms with Gasteiger partial charge >= 0.3 is 0 Å². The molecule has 3 rings (SSSR count). The number of rotatable bonds is 0. The summed E-state index contributed by atoms with van der Waals surface area (Å²) in [5, 5.41) is 11.2. The molecule has 0 saturated carbocycles. The Morgan fingerprint density at radius 1 is 1.00 bits per heavy atom. The van der Waals surface area contributed by atoms with Gasteiger partial charge in [-0.05, 0) is 16.9 Å². The van der Waals surface area contributed by atoms with Crippen LogP contribution in [-0.4, -0.2) is 24.8 Å². The van der Waals surface area contributed by atoms with Crippen molar-refractivity contribution in [3.05, 3.63) is 12.2 Å². The van der Waals surface area contributed by atoms with Gasteiger partial charge in [-0.1, -0.05) is 47.6 Å². The van der Waals surface area contributed by atoms with Crippen LogP contribution in [0, 0.1) is 10.8 Å². The molecule has 0 amide bonds. The third-order valence-electron chi connectivity index (χ3n) is 4.66. The van der Waals surface area contributed by atoms with Gasteiger partial charge in [-0.15, -0.1) is 23.5 Å². The van der Waals surface area contributed by atoms with Crippen molar-refractivity contribution in [2.75, 3.05) is 0 Å². The van der Waals surface area contributed by atoms with E-state index < -0.39 is 4.93 Å². The SMILES string of the molecule is CC(C)(C)C12C=CC3(O)SC3(C(C)(C)C)C1S2. The Balaban J connectivity index is 2.07. The molecule has 0 aromatic rings. The summed E-state index contributed by atoms with van der Waals surface area (Å²) in [7, 11) is 0. The normalized spacial score (nSPS) is 51.8. The third-order valence-corrected chi connectivity index (χ3v) is 8.94. The summed E-state index contributed by atoms with van der Waals surface area (Å²) in [6.07, 6.45) is 4.36. The summed E-state index contributed by atoms with van der Waals surface area (Å²) in [5.74, 6) is 0. The molecule has 0 spiro atoms. The van der Waals surface area contributed by atoms with Crippen molar-refractivity contribution in [1.82, 2.24) is 0 Å². The molecule has 4 unspecified atom stereocenters. The quantitative estimate of drug-likeness (QED) is 0.536. The maximum atomic E-state index is 10.7. The van der Waals surface area contributed by atoms with Gasteiger partial charge in [0.2, 0.25) is 0 Å². The highest BCUT2D eigenvalue weighted by molar-refractivity contribution is 8.14. The van der Waals surface area contributed by atoms with Gasteiger partial charge in [0, 0.05) is 5.25 Å². The molecule has 17 heavy (non-hydrogen) atoms. The van der Waals surface area contributed by atoms with E-state index in [9.17, 15) is 5.11 Å². The van der Waals surface area contributed by atoms with Gasteiger partial charge in [0.1, 0.15) is 4.93 Å². The first-order chi connectivity index (χ1) is 7.50. The molecule has 0 bridgehead atoms. The maximum absolute atomic E-state index is 10.7. The highest BCUT2D eigenvalue weighted by Gasteiger charge is 2.86. The second-order valence-corrected chi connectivity index (χ2v) is 10.5. The predicted octanol–water partition coefficient (Wildman–Crippen LogP) is 3.68. The second-order valence-electron chi connectivity index (χ2n) is 7.66. The Morgan fingerprint density at radius 2 is 1.59 bits per heavy atom. The van der Waals surface area contributed by atoms with Crippen molar-refractivity contribution in [3.8, 4) is 0 Å². The molecule has 4 atom stereocenters. The van der Waals surface area contributed by atoms with Crippen LogP contribution >= 0.6 is 23.5 Å². The van der Waals surface area contributed by atoms with Crippen molar-refractivity contribution in [1.29, 1.82) is 0 Å². The second kappa shape index (κ2) is 2.78. The molecule has 2 fully saturated rings. The highest BCUT2D eigenvalue weighted by Crippen LogP contribution is 2.86. The van der Waals surface area contributed by atoms with E-state index in [0.29, 0.717) is 5.25 Å². The Kier molecular flexibility index (Phi) is 2.03. The molecule has 96 valence electrons. The molecule has 1 nitrogen and oxygen atoms in total. The standard InChI is InChI=1S/C14H22OS2/c1-10(2,3)12-7-8-13(15)14(17-13,9(12)16-12)11(4,5)6/h7-9,15H,1-6H3. The first-order valence-electron chi connectivity index (χ1n) is 6.31. The first-order valence-corrected chi connectivity index (χ1v) is 8.01. The number of hydrogen-bond donors (Lipinski definition) is 1. The van der Waals surface area contributed by atoms with E-state index in [0.717, 1.165) is 0 Å². The van der Waals surface area contributed by atoms with Crippen LogP contribution in [0.3, 0.4) is 0 Å². The Bertz CT molecular complexity index is 417. The maximum Gasteiger partial charge on any atom is 0.146 e. The van der Waals surface area contributed by atoms with E-state index in [4.69, 9.17) is 0 Å². The number of hydrogen-bond acceptors (Lipinski definition) is 3.